The first kappa shape index (κ1) is 12.7. The van der Waals surface area contributed by atoms with Crippen molar-refractivity contribution in [1.82, 2.24) is 0 Å². The smallest absolute Gasteiger partial charge is 0.195 e. The molecule has 0 atom stereocenters. The van der Waals surface area contributed by atoms with Crippen molar-refractivity contribution in [2.75, 3.05) is 20.3 Å². The number of carbonyl (C=O) groups is 2. The van der Waals surface area contributed by atoms with Crippen molar-refractivity contribution in [3.05, 3.63) is 28.8 Å². The van der Waals surface area contributed by atoms with Crippen LogP contribution in [0.15, 0.2) is 18.2 Å². The summed E-state index contributed by atoms with van der Waals surface area (Å²) in [6.07, 6.45) is 0.686. The van der Waals surface area contributed by atoms with E-state index in [1.54, 1.807) is 12.1 Å². The maximum Gasteiger partial charge on any atom is 0.195 e. The predicted octanol–water partition coefficient (Wildman–Crippen LogP) is 1.75. The number of aldehydes is 1. The molecular weight excluding hydrogens is 232 g/mol. The highest BCUT2D eigenvalue weighted by Crippen LogP contribution is 2.24. The van der Waals surface area contributed by atoms with Gasteiger partial charge < -0.3 is 9.47 Å². The van der Waals surface area contributed by atoms with E-state index >= 15 is 0 Å². The van der Waals surface area contributed by atoms with Gasteiger partial charge in [-0.15, -0.1) is 0 Å². The number of halogens is 1. The number of ketones is 1. The summed E-state index contributed by atoms with van der Waals surface area (Å²) in [5, 5.41) is 0.301. The van der Waals surface area contributed by atoms with Crippen LogP contribution < -0.4 is 4.74 Å². The zero-order valence-electron chi connectivity index (χ0n) is 8.73. The molecule has 4 nitrogen and oxygen atoms in total. The second-order valence-corrected chi connectivity index (χ2v) is 3.48. The maximum absolute atomic E-state index is 11.1. The average molecular weight is 243 g/mol. The number of ether oxygens (including phenoxy) is 2. The number of rotatable bonds is 6. The molecule has 0 amide bonds. The first-order valence-corrected chi connectivity index (χ1v) is 4.93. The summed E-state index contributed by atoms with van der Waals surface area (Å²) in [6, 6.07) is 4.59. The van der Waals surface area contributed by atoms with Crippen LogP contribution in [0.1, 0.15) is 10.4 Å². The fourth-order valence-corrected chi connectivity index (χ4v) is 1.31. The quantitative estimate of drug-likeness (QED) is 0.713. The minimum Gasteiger partial charge on any atom is -0.484 e. The number of hydrogen-bond acceptors (Lipinski definition) is 4. The summed E-state index contributed by atoms with van der Waals surface area (Å²) in [5.41, 5.74) is 0.459. The molecule has 86 valence electrons. The highest BCUT2D eigenvalue weighted by Gasteiger charge is 2.06. The topological polar surface area (TPSA) is 52.6 Å². The van der Waals surface area contributed by atoms with Crippen LogP contribution in [0.25, 0.3) is 0 Å². The highest BCUT2D eigenvalue weighted by atomic mass is 35.5. The Bertz CT molecular complexity index is 390. The maximum atomic E-state index is 11.1. The van der Waals surface area contributed by atoms with Gasteiger partial charge in [-0.05, 0) is 18.2 Å². The van der Waals surface area contributed by atoms with Gasteiger partial charge in [-0.1, -0.05) is 11.6 Å². The van der Waals surface area contributed by atoms with E-state index in [0.29, 0.717) is 22.6 Å². The molecule has 0 bridgehead atoms. The van der Waals surface area contributed by atoms with Gasteiger partial charge in [0, 0.05) is 12.7 Å². The molecule has 5 heteroatoms. The summed E-state index contributed by atoms with van der Waals surface area (Å²) in [7, 11) is 1.43. The Kier molecular flexibility index (Phi) is 4.95. The molecule has 0 saturated heterocycles. The summed E-state index contributed by atoms with van der Waals surface area (Å²) in [5.74, 6) is 0.190. The van der Waals surface area contributed by atoms with E-state index in [-0.39, 0.29) is 19.0 Å². The number of benzene rings is 1. The van der Waals surface area contributed by atoms with Crippen LogP contribution in [0, 0.1) is 0 Å². The van der Waals surface area contributed by atoms with Crippen LogP contribution in [-0.2, 0) is 9.53 Å². The Morgan fingerprint density at radius 2 is 2.19 bits per heavy atom. The van der Waals surface area contributed by atoms with Gasteiger partial charge in [0.05, 0.1) is 5.02 Å². The SMILES string of the molecule is COCC(=O)COc1ccc(C=O)cc1Cl. The van der Waals surface area contributed by atoms with Crippen LogP contribution in [-0.4, -0.2) is 32.4 Å². The number of hydrogen-bond donors (Lipinski definition) is 0. The molecule has 0 spiro atoms. The van der Waals surface area contributed by atoms with Gasteiger partial charge in [0.2, 0.25) is 0 Å². The minimum absolute atomic E-state index is 0.00401. The molecule has 0 radical (unpaired) electrons. The normalized spacial score (nSPS) is 9.88. The van der Waals surface area contributed by atoms with E-state index < -0.39 is 0 Å². The van der Waals surface area contributed by atoms with Crippen LogP contribution in [0.5, 0.6) is 5.75 Å². The molecule has 0 aliphatic rings. The first-order valence-electron chi connectivity index (χ1n) is 4.55. The molecule has 1 aromatic rings. The van der Waals surface area contributed by atoms with Gasteiger partial charge in [0.15, 0.2) is 5.78 Å². The number of methoxy groups -OCH3 is 1. The molecule has 16 heavy (non-hydrogen) atoms. The third kappa shape index (κ3) is 3.64. The lowest BCUT2D eigenvalue weighted by Gasteiger charge is -2.07. The molecule has 0 N–H and O–H groups in total. The lowest BCUT2D eigenvalue weighted by Crippen LogP contribution is -2.16. The molecule has 0 aliphatic heterocycles. The Balaban J connectivity index is 2.60. The fourth-order valence-electron chi connectivity index (χ4n) is 1.07. The van der Waals surface area contributed by atoms with Crippen molar-refractivity contribution in [3.63, 3.8) is 0 Å². The van der Waals surface area contributed by atoms with Gasteiger partial charge in [-0.3, -0.25) is 9.59 Å². The standard InChI is InChI=1S/C11H11ClO4/c1-15-6-9(14)7-16-11-3-2-8(5-13)4-10(11)12/h2-5H,6-7H2,1H3. The van der Waals surface area contributed by atoms with Gasteiger partial charge in [-0.2, -0.15) is 0 Å². The predicted molar refractivity (Wildman–Crippen MR) is 59.2 cm³/mol. The van der Waals surface area contributed by atoms with Crippen molar-refractivity contribution in [2.45, 2.75) is 0 Å². The van der Waals surface area contributed by atoms with Crippen molar-refractivity contribution in [3.8, 4) is 5.75 Å². The highest BCUT2D eigenvalue weighted by molar-refractivity contribution is 6.32. The monoisotopic (exact) mass is 242 g/mol. The van der Waals surface area contributed by atoms with Gasteiger partial charge in [0.1, 0.15) is 25.2 Å². The second kappa shape index (κ2) is 6.25. The molecule has 0 fully saturated rings. The first-order chi connectivity index (χ1) is 7.67. The van der Waals surface area contributed by atoms with Crippen molar-refractivity contribution in [1.29, 1.82) is 0 Å². The summed E-state index contributed by atoms with van der Waals surface area (Å²) in [4.78, 5) is 21.6. The lowest BCUT2D eigenvalue weighted by atomic mass is 10.2. The van der Waals surface area contributed by atoms with Crippen LogP contribution in [0.4, 0.5) is 0 Å². The Labute approximate surface area is 98.1 Å². The Hall–Kier alpha value is -1.39. The van der Waals surface area contributed by atoms with Crippen LogP contribution in [0.2, 0.25) is 5.02 Å². The zero-order chi connectivity index (χ0) is 12.0. The van der Waals surface area contributed by atoms with Gasteiger partial charge in [-0.25, -0.2) is 0 Å². The average Bonchev–Trinajstić information content (AvgIpc) is 2.27. The second-order valence-electron chi connectivity index (χ2n) is 3.07. The van der Waals surface area contributed by atoms with E-state index in [2.05, 4.69) is 4.74 Å². The third-order valence-electron chi connectivity index (χ3n) is 1.79. The summed E-state index contributed by atoms with van der Waals surface area (Å²) >= 11 is 5.84. The number of carbonyl (C=O) groups excluding carboxylic acids is 2. The molecule has 0 aliphatic carbocycles. The minimum atomic E-state index is -0.182. The largest absolute Gasteiger partial charge is 0.484 e. The number of Topliss-reactive ketones (excluding diaryl/α,β-unsaturated/α-hetero) is 1. The van der Waals surface area contributed by atoms with Crippen LogP contribution in [0.3, 0.4) is 0 Å². The molecule has 0 unspecified atom stereocenters. The zero-order valence-corrected chi connectivity index (χ0v) is 9.49. The summed E-state index contributed by atoms with van der Waals surface area (Å²) in [6.45, 7) is -0.0992. The fraction of sp³-hybridized carbons (Fsp3) is 0.273. The van der Waals surface area contributed by atoms with Crippen molar-refractivity contribution >= 4 is 23.7 Å². The summed E-state index contributed by atoms with van der Waals surface area (Å²) < 4.78 is 9.82. The molecule has 0 aromatic heterocycles. The van der Waals surface area contributed by atoms with E-state index in [9.17, 15) is 9.59 Å². The third-order valence-corrected chi connectivity index (χ3v) is 2.08. The van der Waals surface area contributed by atoms with Crippen molar-refractivity contribution < 1.29 is 19.1 Å². The Morgan fingerprint density at radius 1 is 1.44 bits per heavy atom. The molecular formula is C11H11ClO4. The van der Waals surface area contributed by atoms with Crippen molar-refractivity contribution in [2.24, 2.45) is 0 Å². The molecule has 1 rings (SSSR count). The van der Waals surface area contributed by atoms with Gasteiger partial charge in [0.25, 0.3) is 0 Å². The van der Waals surface area contributed by atoms with E-state index in [1.165, 1.54) is 13.2 Å². The van der Waals surface area contributed by atoms with Gasteiger partial charge >= 0.3 is 0 Å². The van der Waals surface area contributed by atoms with E-state index in [0.717, 1.165) is 0 Å². The molecule has 0 saturated carbocycles. The lowest BCUT2D eigenvalue weighted by molar-refractivity contribution is -0.124. The molecule has 1 aromatic carbocycles. The van der Waals surface area contributed by atoms with E-state index in [1.807, 2.05) is 0 Å². The van der Waals surface area contributed by atoms with Crippen LogP contribution >= 0.6 is 11.6 Å². The van der Waals surface area contributed by atoms with E-state index in [4.69, 9.17) is 16.3 Å². The Morgan fingerprint density at radius 3 is 2.75 bits per heavy atom. The molecule has 0 heterocycles.